The predicted octanol–water partition coefficient (Wildman–Crippen LogP) is 5.87. The number of carbonyl (C=O) groups excluding carboxylic acids is 2. The molecule has 1 aliphatic carbocycles. The molecule has 0 amide bonds. The maximum absolute atomic E-state index is 13.7. The van der Waals surface area contributed by atoms with Crippen LogP contribution in [0.2, 0.25) is 0 Å². The number of fused-ring (bicyclic) bond motifs is 1. The molecule has 0 bridgehead atoms. The summed E-state index contributed by atoms with van der Waals surface area (Å²) in [7, 11) is 1.64. The van der Waals surface area contributed by atoms with E-state index >= 15 is 0 Å². The van der Waals surface area contributed by atoms with E-state index < -0.39 is 11.8 Å². The van der Waals surface area contributed by atoms with E-state index in [-0.39, 0.29) is 23.6 Å². The number of esters is 1. The van der Waals surface area contributed by atoms with Crippen LogP contribution >= 0.6 is 15.9 Å². The summed E-state index contributed by atoms with van der Waals surface area (Å²) in [5, 5.41) is 3.39. The fraction of sp³-hybridized carbons (Fsp3) is 0.357. The number of carbonyl (C=O) groups is 2. The Bertz CT molecular complexity index is 1150. The van der Waals surface area contributed by atoms with Gasteiger partial charge in [-0.25, -0.2) is 4.79 Å². The molecule has 4 rings (SSSR count). The summed E-state index contributed by atoms with van der Waals surface area (Å²) in [5.74, 6) is -0.163. The van der Waals surface area contributed by atoms with Crippen molar-refractivity contribution in [2.24, 2.45) is 11.8 Å². The van der Waals surface area contributed by atoms with Crippen molar-refractivity contribution in [3.8, 4) is 5.75 Å². The third kappa shape index (κ3) is 4.97. The molecule has 6 heteroatoms. The van der Waals surface area contributed by atoms with Crippen LogP contribution in [0.25, 0.3) is 0 Å². The Morgan fingerprint density at radius 2 is 1.85 bits per heavy atom. The SMILES string of the molecule is COc1ccc(C2C=C3NC(C)=C(C(=O)OCC(C)C)C(c4cccc(Br)c4)C3C(=O)C2)cc1. The zero-order valence-corrected chi connectivity index (χ0v) is 21.5. The van der Waals surface area contributed by atoms with Crippen LogP contribution in [0.3, 0.4) is 0 Å². The lowest BCUT2D eigenvalue weighted by atomic mass is 9.68. The van der Waals surface area contributed by atoms with Gasteiger partial charge >= 0.3 is 5.97 Å². The highest BCUT2D eigenvalue weighted by atomic mass is 79.9. The first-order chi connectivity index (χ1) is 16.3. The zero-order valence-electron chi connectivity index (χ0n) is 19.9. The van der Waals surface area contributed by atoms with Crippen molar-refractivity contribution in [1.29, 1.82) is 0 Å². The van der Waals surface area contributed by atoms with Crippen LogP contribution in [0.4, 0.5) is 0 Å². The summed E-state index contributed by atoms with van der Waals surface area (Å²) in [6.07, 6.45) is 2.51. The molecular formula is C28H30BrNO4. The van der Waals surface area contributed by atoms with Gasteiger partial charge in [0.15, 0.2) is 0 Å². The number of methoxy groups -OCH3 is 1. The number of ketones is 1. The largest absolute Gasteiger partial charge is 0.497 e. The van der Waals surface area contributed by atoms with Gasteiger partial charge in [-0.15, -0.1) is 0 Å². The first kappa shape index (κ1) is 24.3. The number of hydrogen-bond acceptors (Lipinski definition) is 5. The first-order valence-electron chi connectivity index (χ1n) is 11.6. The molecule has 178 valence electrons. The number of halogens is 1. The van der Waals surface area contributed by atoms with E-state index in [2.05, 4.69) is 27.3 Å². The van der Waals surface area contributed by atoms with Gasteiger partial charge in [0, 0.05) is 34.1 Å². The smallest absolute Gasteiger partial charge is 0.336 e. The molecule has 0 radical (unpaired) electrons. The second-order valence-corrected chi connectivity index (χ2v) is 10.3. The normalized spacial score (nSPS) is 22.1. The van der Waals surface area contributed by atoms with E-state index in [0.717, 1.165) is 32.7 Å². The van der Waals surface area contributed by atoms with E-state index in [1.165, 1.54) is 0 Å². The molecule has 0 spiro atoms. The number of allylic oxidation sites excluding steroid dienone is 3. The minimum atomic E-state index is -0.464. The predicted molar refractivity (Wildman–Crippen MR) is 135 cm³/mol. The summed E-state index contributed by atoms with van der Waals surface area (Å²) in [6.45, 7) is 6.23. The Morgan fingerprint density at radius 3 is 2.50 bits per heavy atom. The highest BCUT2D eigenvalue weighted by Crippen LogP contribution is 2.46. The van der Waals surface area contributed by atoms with E-state index in [1.807, 2.05) is 69.3 Å². The van der Waals surface area contributed by atoms with Gasteiger partial charge in [0.05, 0.1) is 25.2 Å². The van der Waals surface area contributed by atoms with Crippen molar-refractivity contribution in [3.05, 3.63) is 87.2 Å². The van der Waals surface area contributed by atoms with Gasteiger partial charge in [-0.05, 0) is 48.2 Å². The molecule has 0 saturated heterocycles. The Labute approximate surface area is 209 Å². The average Bonchev–Trinajstić information content (AvgIpc) is 2.81. The molecule has 3 atom stereocenters. The number of nitrogens with one attached hydrogen (secondary N) is 1. The summed E-state index contributed by atoms with van der Waals surface area (Å²) < 4.78 is 11.8. The van der Waals surface area contributed by atoms with E-state index in [9.17, 15) is 9.59 Å². The van der Waals surface area contributed by atoms with Gasteiger partial charge in [-0.1, -0.05) is 60.1 Å². The van der Waals surface area contributed by atoms with Crippen LogP contribution in [-0.4, -0.2) is 25.5 Å². The van der Waals surface area contributed by atoms with Crippen LogP contribution in [0.15, 0.2) is 76.0 Å². The van der Waals surface area contributed by atoms with Crippen molar-refractivity contribution in [2.75, 3.05) is 13.7 Å². The minimum Gasteiger partial charge on any atom is -0.497 e. The lowest BCUT2D eigenvalue weighted by molar-refractivity contribution is -0.140. The van der Waals surface area contributed by atoms with Crippen molar-refractivity contribution >= 4 is 27.7 Å². The molecule has 0 saturated carbocycles. The van der Waals surface area contributed by atoms with Gasteiger partial charge < -0.3 is 14.8 Å². The summed E-state index contributed by atoms with van der Waals surface area (Å²) in [6, 6.07) is 15.7. The molecule has 3 unspecified atom stereocenters. The van der Waals surface area contributed by atoms with Crippen LogP contribution in [0.5, 0.6) is 5.75 Å². The van der Waals surface area contributed by atoms with Crippen molar-refractivity contribution in [2.45, 2.75) is 39.0 Å². The van der Waals surface area contributed by atoms with Gasteiger partial charge in [-0.3, -0.25) is 4.79 Å². The Kier molecular flexibility index (Phi) is 7.27. The molecule has 0 fully saturated rings. The maximum Gasteiger partial charge on any atom is 0.336 e. The minimum absolute atomic E-state index is 0.0393. The highest BCUT2D eigenvalue weighted by Gasteiger charge is 2.45. The summed E-state index contributed by atoms with van der Waals surface area (Å²) in [4.78, 5) is 26.9. The summed E-state index contributed by atoms with van der Waals surface area (Å²) >= 11 is 3.55. The quantitative estimate of drug-likeness (QED) is 0.479. The Hall–Kier alpha value is -2.86. The van der Waals surface area contributed by atoms with Crippen LogP contribution in [0, 0.1) is 11.8 Å². The van der Waals surface area contributed by atoms with E-state index in [4.69, 9.17) is 9.47 Å². The van der Waals surface area contributed by atoms with Crippen molar-refractivity contribution in [1.82, 2.24) is 5.32 Å². The second-order valence-electron chi connectivity index (χ2n) is 9.34. The fourth-order valence-electron chi connectivity index (χ4n) is 4.79. The van der Waals surface area contributed by atoms with Gasteiger partial charge in [0.1, 0.15) is 11.5 Å². The number of ether oxygens (including phenoxy) is 2. The molecule has 2 aromatic carbocycles. The van der Waals surface area contributed by atoms with Gasteiger partial charge in [-0.2, -0.15) is 0 Å². The number of benzene rings is 2. The fourth-order valence-corrected chi connectivity index (χ4v) is 5.21. The maximum atomic E-state index is 13.7. The van der Waals surface area contributed by atoms with E-state index in [1.54, 1.807) is 7.11 Å². The molecule has 1 heterocycles. The lowest BCUT2D eigenvalue weighted by Gasteiger charge is -2.39. The van der Waals surface area contributed by atoms with Crippen LogP contribution < -0.4 is 10.1 Å². The molecule has 34 heavy (non-hydrogen) atoms. The third-order valence-electron chi connectivity index (χ3n) is 6.38. The van der Waals surface area contributed by atoms with Crippen LogP contribution in [-0.2, 0) is 14.3 Å². The molecular weight excluding hydrogens is 494 g/mol. The highest BCUT2D eigenvalue weighted by molar-refractivity contribution is 9.10. The molecule has 1 N–H and O–H groups in total. The van der Waals surface area contributed by atoms with Gasteiger partial charge in [0.2, 0.25) is 0 Å². The topological polar surface area (TPSA) is 64.6 Å². The average molecular weight is 524 g/mol. The first-order valence-corrected chi connectivity index (χ1v) is 12.4. The Morgan fingerprint density at radius 1 is 1.12 bits per heavy atom. The molecule has 2 aliphatic rings. The van der Waals surface area contributed by atoms with E-state index in [0.29, 0.717) is 18.6 Å². The van der Waals surface area contributed by atoms with Gasteiger partial charge in [0.25, 0.3) is 0 Å². The second kappa shape index (κ2) is 10.2. The standard InChI is InChI=1S/C28H30BrNO4/c1-16(2)15-34-28(32)25-17(3)30-23-13-20(18-8-10-22(33-4)11-9-18)14-24(31)27(23)26(25)19-6-5-7-21(29)12-19/h5-13,16,20,26-27,30H,14-15H2,1-4H3. The lowest BCUT2D eigenvalue weighted by Crippen LogP contribution is -2.42. The molecule has 1 aliphatic heterocycles. The van der Waals surface area contributed by atoms with Crippen molar-refractivity contribution in [3.63, 3.8) is 0 Å². The molecule has 2 aromatic rings. The Balaban J connectivity index is 1.77. The third-order valence-corrected chi connectivity index (χ3v) is 6.88. The zero-order chi connectivity index (χ0) is 24.4. The number of Topliss-reactive ketones (excluding diaryl/α,β-unsaturated/α-hetero) is 1. The van der Waals surface area contributed by atoms with Crippen molar-refractivity contribution < 1.29 is 19.1 Å². The monoisotopic (exact) mass is 523 g/mol. The summed E-state index contributed by atoms with van der Waals surface area (Å²) in [5.41, 5.74) is 4.07. The van der Waals surface area contributed by atoms with Crippen LogP contribution in [0.1, 0.15) is 50.2 Å². The number of hydrogen-bond donors (Lipinski definition) is 1. The molecule has 5 nitrogen and oxygen atoms in total. The molecule has 0 aromatic heterocycles. The number of rotatable bonds is 6.